The van der Waals surface area contributed by atoms with E-state index in [2.05, 4.69) is 10.3 Å². The first kappa shape index (κ1) is 14.8. The van der Waals surface area contributed by atoms with Gasteiger partial charge in [0.15, 0.2) is 0 Å². The monoisotopic (exact) mass is 295 g/mol. The van der Waals surface area contributed by atoms with Gasteiger partial charge in [-0.3, -0.25) is 9.59 Å². The zero-order valence-electron chi connectivity index (χ0n) is 11.4. The molecule has 6 heteroatoms. The number of amides is 2. The number of rotatable bonds is 4. The first-order chi connectivity index (χ1) is 9.56. The minimum absolute atomic E-state index is 0.0879. The van der Waals surface area contributed by atoms with Gasteiger partial charge in [0.1, 0.15) is 5.82 Å². The number of carbonyl (C=O) groups excluding carboxylic acids is 2. The van der Waals surface area contributed by atoms with Gasteiger partial charge in [0.2, 0.25) is 11.8 Å². The molecule has 2 heterocycles. The number of nitrogens with one attached hydrogen (secondary N) is 1. The van der Waals surface area contributed by atoms with E-state index >= 15 is 0 Å². The molecule has 1 saturated heterocycles. The summed E-state index contributed by atoms with van der Waals surface area (Å²) in [5, 5.41) is 3.23. The van der Waals surface area contributed by atoms with Gasteiger partial charge in [-0.1, -0.05) is 11.6 Å². The Labute approximate surface area is 123 Å². The van der Waals surface area contributed by atoms with Crippen LogP contribution >= 0.6 is 11.6 Å². The molecule has 1 aliphatic rings. The molecule has 2 amide bonds. The molecule has 0 aromatic carbocycles. The fraction of sp³-hybridized carbons (Fsp3) is 0.500. The van der Waals surface area contributed by atoms with E-state index in [0.717, 1.165) is 19.4 Å². The summed E-state index contributed by atoms with van der Waals surface area (Å²) in [5.41, 5.74) is 0. The van der Waals surface area contributed by atoms with Crippen molar-refractivity contribution in [2.24, 2.45) is 0 Å². The fourth-order valence-electron chi connectivity index (χ4n) is 2.32. The van der Waals surface area contributed by atoms with Crippen LogP contribution in [0.1, 0.15) is 32.6 Å². The Morgan fingerprint density at radius 3 is 2.95 bits per heavy atom. The summed E-state index contributed by atoms with van der Waals surface area (Å²) in [6.07, 6.45) is 4.30. The van der Waals surface area contributed by atoms with Crippen molar-refractivity contribution in [1.29, 1.82) is 0 Å². The Bertz CT molecular complexity index is 490. The van der Waals surface area contributed by atoms with Gasteiger partial charge in [-0.05, 0) is 31.9 Å². The fourth-order valence-corrected chi connectivity index (χ4v) is 2.43. The number of hydrogen-bond donors (Lipinski definition) is 1. The molecule has 5 nitrogen and oxygen atoms in total. The van der Waals surface area contributed by atoms with E-state index in [-0.39, 0.29) is 24.3 Å². The lowest BCUT2D eigenvalue weighted by atomic mass is 10.1. The second-order valence-corrected chi connectivity index (χ2v) is 5.44. The highest BCUT2D eigenvalue weighted by atomic mass is 35.5. The van der Waals surface area contributed by atoms with E-state index in [4.69, 9.17) is 11.6 Å². The lowest BCUT2D eigenvalue weighted by molar-refractivity contribution is -0.136. The smallest absolute Gasteiger partial charge is 0.227 e. The van der Waals surface area contributed by atoms with Crippen LogP contribution in [0.4, 0.5) is 5.82 Å². The van der Waals surface area contributed by atoms with Crippen molar-refractivity contribution < 1.29 is 9.59 Å². The van der Waals surface area contributed by atoms with E-state index in [9.17, 15) is 9.59 Å². The summed E-state index contributed by atoms with van der Waals surface area (Å²) in [6.45, 7) is 2.64. The van der Waals surface area contributed by atoms with Crippen molar-refractivity contribution in [2.75, 3.05) is 11.9 Å². The van der Waals surface area contributed by atoms with E-state index in [1.165, 1.54) is 6.20 Å². The van der Waals surface area contributed by atoms with Crippen LogP contribution in [0.25, 0.3) is 0 Å². The first-order valence-electron chi connectivity index (χ1n) is 6.77. The molecule has 2 rings (SSSR count). The number of likely N-dealkylation sites (tertiary alicyclic amines) is 1. The maximum Gasteiger partial charge on any atom is 0.227 e. The molecule has 1 unspecified atom stereocenters. The summed E-state index contributed by atoms with van der Waals surface area (Å²) in [7, 11) is 0. The molecular weight excluding hydrogens is 278 g/mol. The third-order valence-corrected chi connectivity index (χ3v) is 3.59. The Morgan fingerprint density at radius 2 is 2.30 bits per heavy atom. The van der Waals surface area contributed by atoms with Crippen LogP contribution in [-0.2, 0) is 9.59 Å². The van der Waals surface area contributed by atoms with Crippen molar-refractivity contribution in [1.82, 2.24) is 9.88 Å². The summed E-state index contributed by atoms with van der Waals surface area (Å²) in [6, 6.07) is 3.23. The zero-order valence-corrected chi connectivity index (χ0v) is 12.2. The van der Waals surface area contributed by atoms with Gasteiger partial charge in [0.25, 0.3) is 0 Å². The molecule has 1 fully saturated rings. The minimum Gasteiger partial charge on any atom is -0.339 e. The molecule has 20 heavy (non-hydrogen) atoms. The van der Waals surface area contributed by atoms with Gasteiger partial charge in [-0.2, -0.15) is 0 Å². The van der Waals surface area contributed by atoms with E-state index in [0.29, 0.717) is 17.3 Å². The number of halogens is 1. The van der Waals surface area contributed by atoms with Crippen LogP contribution in [-0.4, -0.2) is 34.3 Å². The number of carbonyl (C=O) groups is 2. The van der Waals surface area contributed by atoms with Crippen LogP contribution in [0, 0.1) is 0 Å². The molecule has 1 N–H and O–H groups in total. The third kappa shape index (κ3) is 3.93. The van der Waals surface area contributed by atoms with Crippen molar-refractivity contribution >= 4 is 29.2 Å². The Hall–Kier alpha value is -1.62. The Balaban J connectivity index is 1.87. The maximum absolute atomic E-state index is 11.9. The second kappa shape index (κ2) is 6.70. The van der Waals surface area contributed by atoms with E-state index in [1.54, 1.807) is 17.0 Å². The van der Waals surface area contributed by atoms with Crippen molar-refractivity contribution in [3.63, 3.8) is 0 Å². The number of pyridine rings is 1. The average molecular weight is 296 g/mol. The van der Waals surface area contributed by atoms with Crippen LogP contribution in [0.5, 0.6) is 0 Å². The van der Waals surface area contributed by atoms with Gasteiger partial charge in [-0.25, -0.2) is 4.98 Å². The van der Waals surface area contributed by atoms with E-state index < -0.39 is 0 Å². The highest BCUT2D eigenvalue weighted by Gasteiger charge is 2.24. The van der Waals surface area contributed by atoms with Crippen LogP contribution in [0.2, 0.25) is 5.02 Å². The molecule has 1 aromatic rings. The van der Waals surface area contributed by atoms with Crippen molar-refractivity contribution in [2.45, 2.75) is 38.6 Å². The molecule has 0 saturated carbocycles. The van der Waals surface area contributed by atoms with Crippen molar-refractivity contribution in [3.05, 3.63) is 23.4 Å². The lowest BCUT2D eigenvalue weighted by Crippen LogP contribution is -2.43. The number of nitrogens with zero attached hydrogens (tertiary/aromatic N) is 2. The molecule has 0 radical (unpaired) electrons. The Morgan fingerprint density at radius 1 is 1.50 bits per heavy atom. The van der Waals surface area contributed by atoms with Crippen LogP contribution < -0.4 is 5.32 Å². The summed E-state index contributed by atoms with van der Waals surface area (Å²) in [4.78, 5) is 29.5. The molecule has 0 aliphatic carbocycles. The van der Waals surface area contributed by atoms with Gasteiger partial charge < -0.3 is 10.2 Å². The quantitative estimate of drug-likeness (QED) is 0.928. The van der Waals surface area contributed by atoms with Crippen LogP contribution in [0.15, 0.2) is 18.3 Å². The third-order valence-electron chi connectivity index (χ3n) is 3.37. The number of piperidine rings is 1. The SMILES string of the molecule is CC(CC(=O)Nc1ccc(Cl)cn1)N1CCCCC1=O. The van der Waals surface area contributed by atoms with Gasteiger partial charge in [0.05, 0.1) is 5.02 Å². The largest absolute Gasteiger partial charge is 0.339 e. The summed E-state index contributed by atoms with van der Waals surface area (Å²) >= 11 is 5.73. The normalized spacial score (nSPS) is 16.9. The average Bonchev–Trinajstić information content (AvgIpc) is 2.41. The number of anilines is 1. The van der Waals surface area contributed by atoms with Gasteiger partial charge in [-0.15, -0.1) is 0 Å². The molecule has 0 bridgehead atoms. The molecule has 1 atom stereocenters. The topological polar surface area (TPSA) is 62.3 Å². The predicted octanol–water partition coefficient (Wildman–Crippen LogP) is 2.46. The van der Waals surface area contributed by atoms with Gasteiger partial charge >= 0.3 is 0 Å². The molecule has 0 spiro atoms. The van der Waals surface area contributed by atoms with Crippen molar-refractivity contribution in [3.8, 4) is 0 Å². The lowest BCUT2D eigenvalue weighted by Gasteiger charge is -2.32. The predicted molar refractivity (Wildman–Crippen MR) is 77.5 cm³/mol. The highest BCUT2D eigenvalue weighted by Crippen LogP contribution is 2.16. The zero-order chi connectivity index (χ0) is 14.5. The summed E-state index contributed by atoms with van der Waals surface area (Å²) in [5.74, 6) is 0.462. The first-order valence-corrected chi connectivity index (χ1v) is 7.15. The minimum atomic E-state index is -0.148. The maximum atomic E-state index is 11.9. The molecule has 108 valence electrons. The van der Waals surface area contributed by atoms with Gasteiger partial charge in [0, 0.05) is 31.6 Å². The molecular formula is C14H18ClN3O2. The number of aromatic nitrogens is 1. The Kier molecular flexibility index (Phi) is 4.95. The number of hydrogen-bond acceptors (Lipinski definition) is 3. The summed E-state index contributed by atoms with van der Waals surface area (Å²) < 4.78 is 0. The second-order valence-electron chi connectivity index (χ2n) is 5.01. The molecule has 1 aromatic heterocycles. The highest BCUT2D eigenvalue weighted by molar-refractivity contribution is 6.30. The van der Waals surface area contributed by atoms with E-state index in [1.807, 2.05) is 6.92 Å². The standard InChI is InChI=1S/C14H18ClN3O2/c1-10(18-7-3-2-4-14(18)20)8-13(19)17-12-6-5-11(15)9-16-12/h5-6,9-10H,2-4,7-8H2,1H3,(H,16,17,19). The molecule has 1 aliphatic heterocycles. The van der Waals surface area contributed by atoms with Crippen LogP contribution in [0.3, 0.4) is 0 Å².